The van der Waals surface area contributed by atoms with Gasteiger partial charge < -0.3 is 20.1 Å². The van der Waals surface area contributed by atoms with Crippen LogP contribution in [-0.2, 0) is 11.3 Å². The first-order valence-corrected chi connectivity index (χ1v) is 6.87. The number of carbonyl (C=O) groups excluding carboxylic acids is 1. The van der Waals surface area contributed by atoms with Crippen molar-refractivity contribution in [2.24, 2.45) is 0 Å². The lowest BCUT2D eigenvalue weighted by molar-refractivity contribution is 0.0523. The van der Waals surface area contributed by atoms with E-state index in [4.69, 9.17) is 4.74 Å². The van der Waals surface area contributed by atoms with E-state index in [2.05, 4.69) is 15.5 Å². The summed E-state index contributed by atoms with van der Waals surface area (Å²) in [6, 6.07) is 0. The highest BCUT2D eigenvalue weighted by Crippen LogP contribution is 2.24. The molecule has 0 bridgehead atoms. The van der Waals surface area contributed by atoms with Gasteiger partial charge in [-0.3, -0.25) is 0 Å². The van der Waals surface area contributed by atoms with Gasteiger partial charge in [0.25, 0.3) is 0 Å². The SMILES string of the molecule is CC(C)(C)OC(=O)NCc1nnc(N2CC(O)C2)s1. The van der Waals surface area contributed by atoms with E-state index in [1.165, 1.54) is 11.3 Å². The lowest BCUT2D eigenvalue weighted by Crippen LogP contribution is -2.50. The summed E-state index contributed by atoms with van der Waals surface area (Å²) in [7, 11) is 0. The zero-order valence-corrected chi connectivity index (χ0v) is 12.0. The van der Waals surface area contributed by atoms with Crippen molar-refractivity contribution in [3.63, 3.8) is 0 Å². The summed E-state index contributed by atoms with van der Waals surface area (Å²) in [5.74, 6) is 0. The Kier molecular flexibility index (Phi) is 3.91. The molecular weight excluding hydrogens is 268 g/mol. The number of aromatic nitrogens is 2. The van der Waals surface area contributed by atoms with Crippen LogP contribution in [0.25, 0.3) is 0 Å². The minimum atomic E-state index is -0.510. The number of hydrogen-bond acceptors (Lipinski definition) is 7. The molecule has 2 N–H and O–H groups in total. The third-order valence-electron chi connectivity index (χ3n) is 2.37. The van der Waals surface area contributed by atoms with E-state index < -0.39 is 11.7 Å². The van der Waals surface area contributed by atoms with Crippen molar-refractivity contribution in [2.45, 2.75) is 39.0 Å². The lowest BCUT2D eigenvalue weighted by atomic mass is 10.2. The zero-order valence-electron chi connectivity index (χ0n) is 11.2. The summed E-state index contributed by atoms with van der Waals surface area (Å²) in [5, 5.41) is 21.3. The third kappa shape index (κ3) is 4.03. The standard InChI is InChI=1S/C11H18N4O3S/c1-11(2,3)18-10(17)12-4-8-13-14-9(19-8)15-5-7(16)6-15/h7,16H,4-6H2,1-3H3,(H,12,17). The Balaban J connectivity index is 1.79. The molecule has 0 atom stereocenters. The summed E-state index contributed by atoms with van der Waals surface area (Å²) in [4.78, 5) is 13.4. The number of nitrogens with one attached hydrogen (secondary N) is 1. The van der Waals surface area contributed by atoms with Crippen LogP contribution in [0.4, 0.5) is 9.93 Å². The summed E-state index contributed by atoms with van der Waals surface area (Å²) < 4.78 is 5.12. The maximum Gasteiger partial charge on any atom is 0.408 e. The summed E-state index contributed by atoms with van der Waals surface area (Å²) in [6.45, 7) is 6.91. The van der Waals surface area contributed by atoms with Crippen molar-refractivity contribution in [1.82, 2.24) is 15.5 Å². The van der Waals surface area contributed by atoms with Crippen LogP contribution in [0.2, 0.25) is 0 Å². The molecular formula is C11H18N4O3S. The van der Waals surface area contributed by atoms with E-state index in [1.54, 1.807) is 0 Å². The first-order valence-electron chi connectivity index (χ1n) is 6.06. The topological polar surface area (TPSA) is 87.6 Å². The van der Waals surface area contributed by atoms with Crippen molar-refractivity contribution in [3.05, 3.63) is 5.01 Å². The van der Waals surface area contributed by atoms with Gasteiger partial charge >= 0.3 is 6.09 Å². The number of anilines is 1. The molecule has 0 radical (unpaired) electrons. The molecule has 19 heavy (non-hydrogen) atoms. The summed E-state index contributed by atoms with van der Waals surface area (Å²) in [6.07, 6.45) is -0.740. The van der Waals surface area contributed by atoms with Crippen molar-refractivity contribution < 1.29 is 14.6 Å². The highest BCUT2D eigenvalue weighted by Gasteiger charge is 2.27. The van der Waals surface area contributed by atoms with Gasteiger partial charge in [-0.25, -0.2) is 4.79 Å². The molecule has 0 unspecified atom stereocenters. The largest absolute Gasteiger partial charge is 0.444 e. The van der Waals surface area contributed by atoms with E-state index in [1.807, 2.05) is 25.7 Å². The molecule has 2 heterocycles. The van der Waals surface area contributed by atoms with E-state index >= 15 is 0 Å². The molecule has 0 saturated carbocycles. The molecule has 7 nitrogen and oxygen atoms in total. The zero-order chi connectivity index (χ0) is 14.0. The van der Waals surface area contributed by atoms with Gasteiger partial charge in [0.1, 0.15) is 10.6 Å². The maximum absolute atomic E-state index is 11.5. The Morgan fingerprint density at radius 1 is 1.53 bits per heavy atom. The Hall–Kier alpha value is -1.41. The number of aliphatic hydroxyl groups is 1. The van der Waals surface area contributed by atoms with Crippen molar-refractivity contribution in [2.75, 3.05) is 18.0 Å². The number of ether oxygens (including phenoxy) is 1. The average Bonchev–Trinajstić information content (AvgIpc) is 2.68. The Morgan fingerprint density at radius 3 is 2.79 bits per heavy atom. The molecule has 1 fully saturated rings. The number of nitrogens with zero attached hydrogens (tertiary/aromatic N) is 3. The number of carbonyl (C=O) groups is 1. The van der Waals surface area contributed by atoms with Crippen LogP contribution in [0, 0.1) is 0 Å². The molecule has 0 aromatic carbocycles. The molecule has 1 aliphatic rings. The Labute approximate surface area is 115 Å². The molecule has 106 valence electrons. The predicted molar refractivity (Wildman–Crippen MR) is 71.2 cm³/mol. The van der Waals surface area contributed by atoms with E-state index in [9.17, 15) is 9.90 Å². The first-order chi connectivity index (χ1) is 8.83. The molecule has 1 aromatic heterocycles. The minimum absolute atomic E-state index is 0.271. The van der Waals surface area contributed by atoms with Crippen molar-refractivity contribution in [3.8, 4) is 0 Å². The van der Waals surface area contributed by atoms with Crippen LogP contribution in [-0.4, -0.2) is 46.2 Å². The number of aliphatic hydroxyl groups excluding tert-OH is 1. The van der Waals surface area contributed by atoms with Gasteiger partial charge in [0, 0.05) is 13.1 Å². The smallest absolute Gasteiger partial charge is 0.408 e. The van der Waals surface area contributed by atoms with Crippen LogP contribution in [0.3, 0.4) is 0 Å². The maximum atomic E-state index is 11.5. The third-order valence-corrected chi connectivity index (χ3v) is 3.36. The molecule has 1 aromatic rings. The van der Waals surface area contributed by atoms with Gasteiger partial charge in [0.15, 0.2) is 0 Å². The quantitative estimate of drug-likeness (QED) is 0.852. The molecule has 8 heteroatoms. The van der Waals surface area contributed by atoms with Gasteiger partial charge in [0.2, 0.25) is 5.13 Å². The van der Waals surface area contributed by atoms with E-state index in [0.29, 0.717) is 24.6 Å². The first kappa shape index (κ1) is 14.0. The van der Waals surface area contributed by atoms with Crippen molar-refractivity contribution >= 4 is 22.6 Å². The van der Waals surface area contributed by atoms with Crippen LogP contribution in [0.1, 0.15) is 25.8 Å². The van der Waals surface area contributed by atoms with Crippen LogP contribution >= 0.6 is 11.3 Å². The van der Waals surface area contributed by atoms with E-state index in [-0.39, 0.29) is 6.10 Å². The molecule has 1 aliphatic heterocycles. The minimum Gasteiger partial charge on any atom is -0.444 e. The number of alkyl carbamates (subject to hydrolysis) is 1. The summed E-state index contributed by atoms with van der Waals surface area (Å²) >= 11 is 1.40. The second kappa shape index (κ2) is 5.30. The molecule has 1 saturated heterocycles. The lowest BCUT2D eigenvalue weighted by Gasteiger charge is -2.34. The van der Waals surface area contributed by atoms with Gasteiger partial charge in [-0.15, -0.1) is 10.2 Å². The van der Waals surface area contributed by atoms with Gasteiger partial charge in [-0.2, -0.15) is 0 Å². The van der Waals surface area contributed by atoms with Gasteiger partial charge in [0.05, 0.1) is 12.6 Å². The van der Waals surface area contributed by atoms with Gasteiger partial charge in [-0.05, 0) is 20.8 Å². The van der Waals surface area contributed by atoms with E-state index in [0.717, 1.165) is 5.13 Å². The summed E-state index contributed by atoms with van der Waals surface area (Å²) in [5.41, 5.74) is -0.510. The van der Waals surface area contributed by atoms with Crippen LogP contribution < -0.4 is 10.2 Å². The van der Waals surface area contributed by atoms with Crippen LogP contribution in [0.5, 0.6) is 0 Å². The fourth-order valence-electron chi connectivity index (χ4n) is 1.52. The second-order valence-electron chi connectivity index (χ2n) is 5.39. The highest BCUT2D eigenvalue weighted by molar-refractivity contribution is 7.15. The number of amides is 1. The molecule has 2 rings (SSSR count). The number of hydrogen-bond donors (Lipinski definition) is 2. The van der Waals surface area contributed by atoms with Gasteiger partial charge in [-0.1, -0.05) is 11.3 Å². The number of β-amino-alcohol motifs (C(OH)–C–C–N with tert-alkyl or cyclic N) is 1. The number of rotatable bonds is 3. The monoisotopic (exact) mass is 286 g/mol. The van der Waals surface area contributed by atoms with Crippen LogP contribution in [0.15, 0.2) is 0 Å². The predicted octanol–water partition coefficient (Wildman–Crippen LogP) is 0.744. The average molecular weight is 286 g/mol. The fraction of sp³-hybridized carbons (Fsp3) is 0.727. The molecule has 0 spiro atoms. The second-order valence-corrected chi connectivity index (χ2v) is 6.43. The van der Waals surface area contributed by atoms with Crippen molar-refractivity contribution in [1.29, 1.82) is 0 Å². The normalized spacial score (nSPS) is 16.1. The highest BCUT2D eigenvalue weighted by atomic mass is 32.1. The Bertz CT molecular complexity index is 451. The Morgan fingerprint density at radius 2 is 2.21 bits per heavy atom. The fourth-order valence-corrected chi connectivity index (χ4v) is 2.31. The molecule has 1 amide bonds. The molecule has 0 aliphatic carbocycles.